The summed E-state index contributed by atoms with van der Waals surface area (Å²) in [6.07, 6.45) is 4.50. The van der Waals surface area contributed by atoms with Gasteiger partial charge in [0.15, 0.2) is 5.96 Å². The molecule has 1 saturated heterocycles. The lowest BCUT2D eigenvalue weighted by atomic mass is 10.1. The van der Waals surface area contributed by atoms with Crippen molar-refractivity contribution in [3.05, 3.63) is 35.4 Å². The molecule has 2 aromatic rings. The van der Waals surface area contributed by atoms with Gasteiger partial charge in [-0.2, -0.15) is 5.10 Å². The number of piperazine rings is 1. The van der Waals surface area contributed by atoms with Gasteiger partial charge in [0.2, 0.25) is 5.95 Å². The highest BCUT2D eigenvalue weighted by molar-refractivity contribution is 14.0. The van der Waals surface area contributed by atoms with Gasteiger partial charge < -0.3 is 15.1 Å². The Balaban J connectivity index is 0.00000280. The van der Waals surface area contributed by atoms with E-state index in [9.17, 15) is 0 Å². The first-order valence-electron chi connectivity index (χ1n) is 9.64. The van der Waals surface area contributed by atoms with Crippen LogP contribution in [0, 0.1) is 13.8 Å². The van der Waals surface area contributed by atoms with Crippen LogP contribution in [0.3, 0.4) is 0 Å². The standard InChI is InChI=1S/C19H30N8.HI/c1-5-20-18(23-10-7-17-15(2)24-25(4)16(17)3)26-11-13-27(14-12-26)19-21-8-6-9-22-19;/h6,8-9H,5,7,10-14H2,1-4H3,(H,20,23);1H. The Labute approximate surface area is 184 Å². The molecule has 9 heteroatoms. The Bertz CT molecular complexity index is 766. The molecule has 3 rings (SSSR count). The van der Waals surface area contributed by atoms with E-state index in [0.717, 1.165) is 63.3 Å². The third-order valence-electron chi connectivity index (χ3n) is 5.03. The molecule has 1 aliphatic rings. The first kappa shape index (κ1) is 22.4. The lowest BCUT2D eigenvalue weighted by Gasteiger charge is -2.36. The van der Waals surface area contributed by atoms with Gasteiger partial charge in [-0.25, -0.2) is 9.97 Å². The van der Waals surface area contributed by atoms with E-state index in [1.165, 1.54) is 11.3 Å². The zero-order chi connectivity index (χ0) is 19.2. The summed E-state index contributed by atoms with van der Waals surface area (Å²) in [7, 11) is 2.00. The molecule has 0 aromatic carbocycles. The molecule has 0 saturated carbocycles. The molecule has 28 heavy (non-hydrogen) atoms. The summed E-state index contributed by atoms with van der Waals surface area (Å²) >= 11 is 0. The predicted octanol–water partition coefficient (Wildman–Crippen LogP) is 1.78. The molecular weight excluding hydrogens is 467 g/mol. The zero-order valence-corrected chi connectivity index (χ0v) is 19.6. The number of aryl methyl sites for hydroxylation is 2. The Hall–Kier alpha value is -1.91. The maximum atomic E-state index is 4.87. The van der Waals surface area contributed by atoms with Gasteiger partial charge in [-0.3, -0.25) is 9.67 Å². The van der Waals surface area contributed by atoms with E-state index in [0.29, 0.717) is 0 Å². The molecule has 0 unspecified atom stereocenters. The summed E-state index contributed by atoms with van der Waals surface area (Å²) < 4.78 is 1.95. The number of hydrogen-bond acceptors (Lipinski definition) is 5. The van der Waals surface area contributed by atoms with E-state index in [1.807, 2.05) is 17.8 Å². The topological polar surface area (TPSA) is 74.5 Å². The number of nitrogens with one attached hydrogen (secondary N) is 1. The fourth-order valence-electron chi connectivity index (χ4n) is 3.45. The van der Waals surface area contributed by atoms with Crippen LogP contribution in [-0.4, -0.2) is 69.9 Å². The van der Waals surface area contributed by atoms with Gasteiger partial charge in [0, 0.05) is 64.4 Å². The molecule has 0 radical (unpaired) electrons. The van der Waals surface area contributed by atoms with Crippen LogP contribution in [-0.2, 0) is 13.5 Å². The van der Waals surface area contributed by atoms with Crippen LogP contribution in [0.5, 0.6) is 0 Å². The summed E-state index contributed by atoms with van der Waals surface area (Å²) in [5.74, 6) is 1.80. The van der Waals surface area contributed by atoms with Crippen molar-refractivity contribution in [2.45, 2.75) is 27.2 Å². The van der Waals surface area contributed by atoms with Gasteiger partial charge in [-0.1, -0.05) is 0 Å². The van der Waals surface area contributed by atoms with Crippen molar-refractivity contribution < 1.29 is 0 Å². The second-order valence-electron chi connectivity index (χ2n) is 6.78. The molecule has 0 bridgehead atoms. The largest absolute Gasteiger partial charge is 0.357 e. The Morgan fingerprint density at radius 1 is 1.14 bits per heavy atom. The summed E-state index contributed by atoms with van der Waals surface area (Å²) in [5, 5.41) is 7.93. The fourth-order valence-corrected chi connectivity index (χ4v) is 3.45. The number of anilines is 1. The van der Waals surface area contributed by atoms with E-state index in [1.54, 1.807) is 12.4 Å². The number of rotatable bonds is 5. The van der Waals surface area contributed by atoms with Gasteiger partial charge in [0.25, 0.3) is 0 Å². The van der Waals surface area contributed by atoms with Crippen molar-refractivity contribution in [3.63, 3.8) is 0 Å². The van der Waals surface area contributed by atoms with E-state index >= 15 is 0 Å². The summed E-state index contributed by atoms with van der Waals surface area (Å²) in [6.45, 7) is 11.5. The number of guanidine groups is 1. The van der Waals surface area contributed by atoms with Crippen LogP contribution >= 0.6 is 24.0 Å². The second kappa shape index (κ2) is 10.6. The molecule has 8 nitrogen and oxygen atoms in total. The van der Waals surface area contributed by atoms with Crippen molar-refractivity contribution in [1.82, 2.24) is 30.0 Å². The van der Waals surface area contributed by atoms with Crippen LogP contribution in [0.25, 0.3) is 0 Å². The minimum atomic E-state index is 0. The van der Waals surface area contributed by atoms with E-state index in [-0.39, 0.29) is 24.0 Å². The van der Waals surface area contributed by atoms with Gasteiger partial charge in [-0.15, -0.1) is 24.0 Å². The minimum absolute atomic E-state index is 0. The van der Waals surface area contributed by atoms with Crippen LogP contribution < -0.4 is 10.2 Å². The second-order valence-corrected chi connectivity index (χ2v) is 6.78. The predicted molar refractivity (Wildman–Crippen MR) is 124 cm³/mol. The molecule has 154 valence electrons. The third kappa shape index (κ3) is 5.33. The van der Waals surface area contributed by atoms with Crippen molar-refractivity contribution in [1.29, 1.82) is 0 Å². The number of hydrogen-bond donors (Lipinski definition) is 1. The first-order valence-corrected chi connectivity index (χ1v) is 9.64. The first-order chi connectivity index (χ1) is 13.1. The molecular formula is C19H31IN8. The molecule has 0 aliphatic carbocycles. The number of nitrogens with zero attached hydrogens (tertiary/aromatic N) is 7. The number of halogens is 1. The Morgan fingerprint density at radius 2 is 1.82 bits per heavy atom. The number of aliphatic imine (C=N–C) groups is 1. The fraction of sp³-hybridized carbons (Fsp3) is 0.579. The highest BCUT2D eigenvalue weighted by atomic mass is 127. The van der Waals surface area contributed by atoms with Crippen molar-refractivity contribution in [2.75, 3.05) is 44.2 Å². The molecule has 3 heterocycles. The molecule has 1 fully saturated rings. The average molecular weight is 498 g/mol. The normalized spacial score (nSPS) is 14.8. The van der Waals surface area contributed by atoms with Gasteiger partial charge in [0.1, 0.15) is 0 Å². The van der Waals surface area contributed by atoms with Crippen LogP contribution in [0.2, 0.25) is 0 Å². The Morgan fingerprint density at radius 3 is 2.39 bits per heavy atom. The maximum Gasteiger partial charge on any atom is 0.225 e. The summed E-state index contributed by atoms with van der Waals surface area (Å²) in [4.78, 5) is 18.1. The highest BCUT2D eigenvalue weighted by Crippen LogP contribution is 2.13. The van der Waals surface area contributed by atoms with E-state index < -0.39 is 0 Å². The van der Waals surface area contributed by atoms with E-state index in [4.69, 9.17) is 4.99 Å². The van der Waals surface area contributed by atoms with Gasteiger partial charge in [0.05, 0.1) is 5.69 Å². The zero-order valence-electron chi connectivity index (χ0n) is 17.2. The lowest BCUT2D eigenvalue weighted by Crippen LogP contribution is -2.53. The molecule has 1 aliphatic heterocycles. The molecule has 0 spiro atoms. The van der Waals surface area contributed by atoms with Gasteiger partial charge in [-0.05, 0) is 38.8 Å². The van der Waals surface area contributed by atoms with Crippen molar-refractivity contribution in [2.24, 2.45) is 12.0 Å². The molecule has 1 N–H and O–H groups in total. The summed E-state index contributed by atoms with van der Waals surface area (Å²) in [5.41, 5.74) is 3.64. The smallest absolute Gasteiger partial charge is 0.225 e. The van der Waals surface area contributed by atoms with Crippen molar-refractivity contribution >= 4 is 35.9 Å². The highest BCUT2D eigenvalue weighted by Gasteiger charge is 2.21. The minimum Gasteiger partial charge on any atom is -0.357 e. The monoisotopic (exact) mass is 498 g/mol. The third-order valence-corrected chi connectivity index (χ3v) is 5.03. The van der Waals surface area contributed by atoms with Crippen LogP contribution in [0.4, 0.5) is 5.95 Å². The SMILES string of the molecule is CCNC(=NCCc1c(C)nn(C)c1C)N1CCN(c2ncccn2)CC1.I. The van der Waals surface area contributed by atoms with Crippen LogP contribution in [0.15, 0.2) is 23.5 Å². The molecule has 2 aromatic heterocycles. The van der Waals surface area contributed by atoms with E-state index in [2.05, 4.69) is 51.0 Å². The molecule has 0 atom stereocenters. The quantitative estimate of drug-likeness (QED) is 0.385. The maximum absolute atomic E-state index is 4.87. The number of aromatic nitrogens is 4. The van der Waals surface area contributed by atoms with Crippen molar-refractivity contribution in [3.8, 4) is 0 Å². The van der Waals surface area contributed by atoms with Gasteiger partial charge >= 0.3 is 0 Å². The lowest BCUT2D eigenvalue weighted by molar-refractivity contribution is 0.370. The summed E-state index contributed by atoms with van der Waals surface area (Å²) in [6, 6.07) is 1.85. The molecule has 0 amide bonds. The average Bonchev–Trinajstić information content (AvgIpc) is 2.94. The Kier molecular flexibility index (Phi) is 8.46. The van der Waals surface area contributed by atoms with Crippen LogP contribution in [0.1, 0.15) is 23.9 Å².